The Labute approximate surface area is 174 Å². The first-order valence-electron chi connectivity index (χ1n) is 9.92. The van der Waals surface area contributed by atoms with Crippen LogP contribution in [0.3, 0.4) is 0 Å². The summed E-state index contributed by atoms with van der Waals surface area (Å²) < 4.78 is 26.2. The number of carbonyl (C=O) groups excluding carboxylic acids is 1. The van der Waals surface area contributed by atoms with E-state index in [4.69, 9.17) is 0 Å². The zero-order valence-electron chi connectivity index (χ0n) is 17.8. The van der Waals surface area contributed by atoms with Crippen LogP contribution in [0.5, 0.6) is 0 Å². The smallest absolute Gasteiger partial charge is 0.244 e. The van der Waals surface area contributed by atoms with Crippen molar-refractivity contribution in [3.8, 4) is 0 Å². The van der Waals surface area contributed by atoms with Crippen molar-refractivity contribution in [3.63, 3.8) is 0 Å². The van der Waals surface area contributed by atoms with Crippen LogP contribution in [0.15, 0.2) is 53.7 Å². The molecule has 1 amide bonds. The van der Waals surface area contributed by atoms with Crippen molar-refractivity contribution in [3.05, 3.63) is 59.9 Å². The van der Waals surface area contributed by atoms with Crippen molar-refractivity contribution in [2.24, 2.45) is 5.92 Å². The van der Waals surface area contributed by atoms with Gasteiger partial charge in [-0.15, -0.1) is 0 Å². The predicted molar refractivity (Wildman–Crippen MR) is 115 cm³/mol. The lowest BCUT2D eigenvalue weighted by molar-refractivity contribution is -0.122. The summed E-state index contributed by atoms with van der Waals surface area (Å²) in [6.45, 7) is 8.15. The van der Waals surface area contributed by atoms with Crippen LogP contribution in [0.25, 0.3) is 0 Å². The van der Waals surface area contributed by atoms with Gasteiger partial charge >= 0.3 is 0 Å². The molecule has 1 heterocycles. The molecule has 0 radical (unpaired) electrons. The van der Waals surface area contributed by atoms with Crippen molar-refractivity contribution in [2.75, 3.05) is 13.6 Å². The molecule has 0 fully saturated rings. The molecule has 158 valence electrons. The normalized spacial score (nSPS) is 14.0. The van der Waals surface area contributed by atoms with Gasteiger partial charge in [0, 0.05) is 19.4 Å². The van der Waals surface area contributed by atoms with Gasteiger partial charge in [-0.2, -0.15) is 4.31 Å². The molecule has 1 aromatic heterocycles. The first kappa shape index (κ1) is 23.0. The van der Waals surface area contributed by atoms with Crippen molar-refractivity contribution in [1.29, 1.82) is 0 Å². The zero-order valence-corrected chi connectivity index (χ0v) is 18.6. The maximum Gasteiger partial charge on any atom is 0.244 e. The monoisotopic (exact) mass is 417 g/mol. The molecule has 29 heavy (non-hydrogen) atoms. The summed E-state index contributed by atoms with van der Waals surface area (Å²) in [6.07, 6.45) is 3.85. The second-order valence-electron chi connectivity index (χ2n) is 7.71. The van der Waals surface area contributed by atoms with E-state index >= 15 is 0 Å². The second kappa shape index (κ2) is 9.98. The number of hydrogen-bond acceptors (Lipinski definition) is 4. The average molecular weight is 418 g/mol. The van der Waals surface area contributed by atoms with Crippen molar-refractivity contribution >= 4 is 15.9 Å². The molecular formula is C22H31N3O3S. The lowest BCUT2D eigenvalue weighted by Crippen LogP contribution is -2.41. The molecule has 2 aromatic rings. The molecule has 0 aliphatic rings. The molecule has 0 saturated heterocycles. The minimum Gasteiger partial charge on any atom is -0.348 e. The lowest BCUT2D eigenvalue weighted by atomic mass is 9.92. The van der Waals surface area contributed by atoms with Crippen LogP contribution in [0, 0.1) is 5.92 Å². The highest BCUT2D eigenvalue weighted by Crippen LogP contribution is 2.25. The lowest BCUT2D eigenvalue weighted by Gasteiger charge is -2.25. The molecule has 0 spiro atoms. The molecule has 7 heteroatoms. The van der Waals surface area contributed by atoms with Crippen molar-refractivity contribution < 1.29 is 13.2 Å². The number of benzene rings is 1. The fourth-order valence-corrected chi connectivity index (χ4v) is 4.18. The number of rotatable bonds is 9. The van der Waals surface area contributed by atoms with Gasteiger partial charge < -0.3 is 5.32 Å². The minimum atomic E-state index is -3.76. The highest BCUT2D eigenvalue weighted by Gasteiger charge is 2.25. The van der Waals surface area contributed by atoms with Gasteiger partial charge in [-0.05, 0) is 41.5 Å². The average Bonchev–Trinajstić information content (AvgIpc) is 2.72. The predicted octanol–water partition coefficient (Wildman–Crippen LogP) is 3.73. The summed E-state index contributed by atoms with van der Waals surface area (Å²) in [5.41, 5.74) is 2.28. The molecule has 0 bridgehead atoms. The number of nitrogens with zero attached hydrogens (tertiary/aromatic N) is 2. The van der Waals surface area contributed by atoms with Crippen molar-refractivity contribution in [1.82, 2.24) is 14.6 Å². The van der Waals surface area contributed by atoms with Gasteiger partial charge in [-0.3, -0.25) is 9.78 Å². The molecule has 0 saturated carbocycles. The van der Waals surface area contributed by atoms with Gasteiger partial charge in [0.15, 0.2) is 0 Å². The molecule has 0 aliphatic heterocycles. The molecule has 1 N–H and O–H groups in total. The summed E-state index contributed by atoms with van der Waals surface area (Å²) >= 11 is 0. The third kappa shape index (κ3) is 5.87. The van der Waals surface area contributed by atoms with E-state index in [0.29, 0.717) is 5.92 Å². The Balaban J connectivity index is 2.10. The van der Waals surface area contributed by atoms with Crippen LogP contribution in [-0.2, 0) is 14.8 Å². The van der Waals surface area contributed by atoms with E-state index in [1.54, 1.807) is 6.07 Å². The third-order valence-electron chi connectivity index (χ3n) is 5.17. The van der Waals surface area contributed by atoms with E-state index < -0.39 is 10.0 Å². The van der Waals surface area contributed by atoms with Crippen LogP contribution in [0.1, 0.15) is 57.2 Å². The molecule has 1 aromatic carbocycles. The zero-order chi connectivity index (χ0) is 21.6. The SMILES string of the molecule is CCC(C)c1ccc(C(NC(=O)CN(C)S(=O)(=O)c2cccnc2)C(C)C)cc1. The van der Waals surface area contributed by atoms with E-state index in [2.05, 4.69) is 36.3 Å². The maximum atomic E-state index is 12.6. The summed E-state index contributed by atoms with van der Waals surface area (Å²) in [4.78, 5) is 16.5. The van der Waals surface area contributed by atoms with Crippen LogP contribution in [-0.4, -0.2) is 37.2 Å². The Bertz CT molecular complexity index is 897. The van der Waals surface area contributed by atoms with Gasteiger partial charge in [0.1, 0.15) is 4.90 Å². The topological polar surface area (TPSA) is 79.4 Å². The van der Waals surface area contributed by atoms with Gasteiger partial charge in [-0.1, -0.05) is 52.0 Å². The molecular weight excluding hydrogens is 386 g/mol. The van der Waals surface area contributed by atoms with Crippen LogP contribution in [0.4, 0.5) is 0 Å². The van der Waals surface area contributed by atoms with E-state index in [1.807, 2.05) is 26.0 Å². The number of pyridine rings is 1. The highest BCUT2D eigenvalue weighted by molar-refractivity contribution is 7.89. The Kier molecular flexibility index (Phi) is 7.93. The summed E-state index contributed by atoms with van der Waals surface area (Å²) in [5, 5.41) is 2.99. The van der Waals surface area contributed by atoms with E-state index in [-0.39, 0.29) is 29.3 Å². The van der Waals surface area contributed by atoms with Crippen LogP contribution >= 0.6 is 0 Å². The number of sulfonamides is 1. The maximum absolute atomic E-state index is 12.6. The summed E-state index contributed by atoms with van der Waals surface area (Å²) in [7, 11) is -2.37. The standard InChI is InChI=1S/C22H31N3O3S/c1-6-17(4)18-9-11-19(12-10-18)22(16(2)3)24-21(26)15-25(5)29(27,28)20-8-7-13-23-14-20/h7-14,16-17,22H,6,15H2,1-5H3,(H,24,26). The number of amides is 1. The third-order valence-corrected chi connectivity index (χ3v) is 6.96. The molecule has 6 nitrogen and oxygen atoms in total. The van der Waals surface area contributed by atoms with Gasteiger partial charge in [0.2, 0.25) is 15.9 Å². The number of hydrogen-bond donors (Lipinski definition) is 1. The van der Waals surface area contributed by atoms with E-state index in [1.165, 1.54) is 31.1 Å². The van der Waals surface area contributed by atoms with E-state index in [9.17, 15) is 13.2 Å². The number of carbonyl (C=O) groups is 1. The van der Waals surface area contributed by atoms with Gasteiger partial charge in [0.25, 0.3) is 0 Å². The minimum absolute atomic E-state index is 0.0661. The quantitative estimate of drug-likeness (QED) is 0.674. The Morgan fingerprint density at radius 1 is 1.10 bits per heavy atom. The van der Waals surface area contributed by atoms with Crippen molar-refractivity contribution in [2.45, 2.75) is 51.0 Å². The molecule has 0 aliphatic carbocycles. The first-order chi connectivity index (χ1) is 13.7. The second-order valence-corrected chi connectivity index (χ2v) is 9.76. The summed E-state index contributed by atoms with van der Waals surface area (Å²) in [5.74, 6) is 0.306. The summed E-state index contributed by atoms with van der Waals surface area (Å²) in [6, 6.07) is 11.1. The number of aromatic nitrogens is 1. The fraction of sp³-hybridized carbons (Fsp3) is 0.455. The molecule has 2 atom stereocenters. The first-order valence-corrected chi connectivity index (χ1v) is 11.4. The van der Waals surface area contributed by atoms with Crippen LogP contribution in [0.2, 0.25) is 0 Å². The van der Waals surface area contributed by atoms with Crippen LogP contribution < -0.4 is 5.32 Å². The molecule has 2 unspecified atom stereocenters. The number of likely N-dealkylation sites (N-methyl/N-ethyl adjacent to an activating group) is 1. The van der Waals surface area contributed by atoms with E-state index in [0.717, 1.165) is 16.3 Å². The Morgan fingerprint density at radius 3 is 2.24 bits per heavy atom. The fourth-order valence-electron chi connectivity index (χ4n) is 3.09. The number of nitrogens with one attached hydrogen (secondary N) is 1. The van der Waals surface area contributed by atoms with Gasteiger partial charge in [0.05, 0.1) is 12.6 Å². The Morgan fingerprint density at radius 2 is 1.72 bits per heavy atom. The van der Waals surface area contributed by atoms with Gasteiger partial charge in [-0.25, -0.2) is 8.42 Å². The Hall–Kier alpha value is -2.25. The largest absolute Gasteiger partial charge is 0.348 e. The highest BCUT2D eigenvalue weighted by atomic mass is 32.2. The molecule has 2 rings (SSSR count).